The summed E-state index contributed by atoms with van der Waals surface area (Å²) in [5, 5.41) is 8.62. The number of ether oxygens (including phenoxy) is 2. The zero-order valence-electron chi connectivity index (χ0n) is 13.7. The molecule has 0 saturated carbocycles. The summed E-state index contributed by atoms with van der Waals surface area (Å²) in [7, 11) is 3.02. The number of nitrogens with one attached hydrogen (secondary N) is 2. The van der Waals surface area contributed by atoms with Crippen molar-refractivity contribution in [1.82, 2.24) is 10.6 Å². The molecule has 1 atom stereocenters. The third-order valence-electron chi connectivity index (χ3n) is 4.12. The summed E-state index contributed by atoms with van der Waals surface area (Å²) in [4.78, 5) is 12.3. The maximum Gasteiger partial charge on any atom is 0.337 e. The van der Waals surface area contributed by atoms with Crippen LogP contribution in [0.15, 0.2) is 47.7 Å². The van der Waals surface area contributed by atoms with E-state index >= 15 is 0 Å². The first kappa shape index (κ1) is 16.3. The van der Waals surface area contributed by atoms with Crippen LogP contribution in [0, 0.1) is 0 Å². The van der Waals surface area contributed by atoms with Gasteiger partial charge in [-0.05, 0) is 36.2 Å². The fraction of sp³-hybridized carbons (Fsp3) is 0.222. The van der Waals surface area contributed by atoms with Gasteiger partial charge in [0, 0.05) is 11.1 Å². The first-order chi connectivity index (χ1) is 11.6. The summed E-state index contributed by atoms with van der Waals surface area (Å²) in [6.07, 6.45) is 0. The van der Waals surface area contributed by atoms with Crippen molar-refractivity contribution < 1.29 is 14.3 Å². The molecule has 2 aromatic carbocycles. The molecule has 0 radical (unpaired) electrons. The van der Waals surface area contributed by atoms with Crippen molar-refractivity contribution in [2.75, 3.05) is 14.2 Å². The lowest BCUT2D eigenvalue weighted by molar-refractivity contribution is -0.136. The molecular weight excluding hydrogens is 324 g/mol. The molecule has 0 saturated heterocycles. The molecule has 124 valence electrons. The molecule has 24 heavy (non-hydrogen) atoms. The molecule has 1 aliphatic heterocycles. The molecule has 2 N–H and O–H groups in total. The zero-order valence-corrected chi connectivity index (χ0v) is 14.5. The van der Waals surface area contributed by atoms with Crippen molar-refractivity contribution in [3.05, 3.63) is 53.2 Å². The van der Waals surface area contributed by atoms with Crippen molar-refractivity contribution in [2.45, 2.75) is 13.0 Å². The lowest BCUT2D eigenvalue weighted by atomic mass is 9.91. The molecule has 0 unspecified atom stereocenters. The highest BCUT2D eigenvalue weighted by Gasteiger charge is 2.31. The van der Waals surface area contributed by atoms with Crippen LogP contribution in [0.1, 0.15) is 18.5 Å². The average Bonchev–Trinajstić information content (AvgIpc) is 2.59. The Labute approximate surface area is 145 Å². The second-order valence-electron chi connectivity index (χ2n) is 5.46. The molecule has 1 heterocycles. The van der Waals surface area contributed by atoms with Crippen molar-refractivity contribution >= 4 is 34.1 Å². The van der Waals surface area contributed by atoms with Gasteiger partial charge in [0.25, 0.3) is 0 Å². The van der Waals surface area contributed by atoms with Crippen LogP contribution in [0.4, 0.5) is 0 Å². The van der Waals surface area contributed by atoms with Crippen LogP contribution in [0.5, 0.6) is 5.75 Å². The van der Waals surface area contributed by atoms with Gasteiger partial charge in [0.15, 0.2) is 5.11 Å². The van der Waals surface area contributed by atoms with Crippen molar-refractivity contribution in [2.24, 2.45) is 0 Å². The molecule has 0 fully saturated rings. The van der Waals surface area contributed by atoms with Crippen molar-refractivity contribution in [1.29, 1.82) is 0 Å². The Kier molecular flexibility index (Phi) is 4.40. The van der Waals surface area contributed by atoms with Gasteiger partial charge in [-0.15, -0.1) is 0 Å². The first-order valence-corrected chi connectivity index (χ1v) is 7.90. The standard InChI is InChI=1S/C18H18N2O3S/c1-10-15(17(21)23-3)16(20-18(24)19-10)13-8-9-14(22-2)12-7-5-4-6-11(12)13/h4-9,16H,1-3H3,(H2,19,20,24)/t16-/m0/s1. The average molecular weight is 342 g/mol. The smallest absolute Gasteiger partial charge is 0.337 e. The van der Waals surface area contributed by atoms with Gasteiger partial charge in [0.2, 0.25) is 0 Å². The predicted octanol–water partition coefficient (Wildman–Crippen LogP) is 2.81. The molecule has 3 rings (SSSR count). The molecular formula is C18H18N2O3S. The van der Waals surface area contributed by atoms with Gasteiger partial charge >= 0.3 is 5.97 Å². The Morgan fingerprint density at radius 2 is 1.83 bits per heavy atom. The second-order valence-corrected chi connectivity index (χ2v) is 5.87. The van der Waals surface area contributed by atoms with Crippen LogP contribution in [-0.4, -0.2) is 25.3 Å². The fourth-order valence-electron chi connectivity index (χ4n) is 3.03. The number of carbonyl (C=O) groups is 1. The van der Waals surface area contributed by atoms with Gasteiger partial charge in [-0.2, -0.15) is 0 Å². The molecule has 2 aromatic rings. The lowest BCUT2D eigenvalue weighted by Crippen LogP contribution is -2.45. The van der Waals surface area contributed by atoms with E-state index in [-0.39, 0.29) is 12.0 Å². The van der Waals surface area contributed by atoms with Gasteiger partial charge in [-0.1, -0.05) is 30.3 Å². The minimum atomic E-state index is -0.389. The Morgan fingerprint density at radius 3 is 2.50 bits per heavy atom. The summed E-state index contributed by atoms with van der Waals surface area (Å²) in [6.45, 7) is 1.82. The Bertz CT molecular complexity index is 860. The molecule has 0 amide bonds. The summed E-state index contributed by atoms with van der Waals surface area (Å²) < 4.78 is 10.4. The van der Waals surface area contributed by atoms with Crippen molar-refractivity contribution in [3.63, 3.8) is 0 Å². The Balaban J connectivity index is 2.23. The molecule has 0 aromatic heterocycles. The zero-order chi connectivity index (χ0) is 17.3. The topological polar surface area (TPSA) is 59.6 Å². The maximum atomic E-state index is 12.3. The number of hydrogen-bond donors (Lipinski definition) is 2. The fourth-order valence-corrected chi connectivity index (χ4v) is 3.30. The lowest BCUT2D eigenvalue weighted by Gasteiger charge is -2.30. The highest BCUT2D eigenvalue weighted by atomic mass is 32.1. The minimum Gasteiger partial charge on any atom is -0.496 e. The van der Waals surface area contributed by atoms with Gasteiger partial charge in [0.1, 0.15) is 5.75 Å². The SMILES string of the molecule is COC(=O)C1=C(C)NC(=S)N[C@H]1c1ccc(OC)c2ccccc12. The normalized spacial score (nSPS) is 17.3. The first-order valence-electron chi connectivity index (χ1n) is 7.49. The van der Waals surface area contributed by atoms with Gasteiger partial charge in [-0.3, -0.25) is 0 Å². The molecule has 0 spiro atoms. The summed E-state index contributed by atoms with van der Waals surface area (Å²) in [6, 6.07) is 11.4. The van der Waals surface area contributed by atoms with E-state index in [1.807, 2.05) is 43.3 Å². The van der Waals surface area contributed by atoms with Gasteiger partial charge < -0.3 is 20.1 Å². The molecule has 1 aliphatic rings. The van der Waals surface area contributed by atoms with Crippen LogP contribution in [0.2, 0.25) is 0 Å². The molecule has 5 nitrogen and oxygen atoms in total. The van der Waals surface area contributed by atoms with Crippen LogP contribution >= 0.6 is 12.2 Å². The van der Waals surface area contributed by atoms with Crippen LogP contribution in [0.25, 0.3) is 10.8 Å². The summed E-state index contributed by atoms with van der Waals surface area (Å²) in [5.41, 5.74) is 2.15. The highest BCUT2D eigenvalue weighted by molar-refractivity contribution is 7.80. The quantitative estimate of drug-likeness (QED) is 0.661. The van der Waals surface area contributed by atoms with Crippen molar-refractivity contribution in [3.8, 4) is 5.75 Å². The van der Waals surface area contributed by atoms with Crippen LogP contribution < -0.4 is 15.4 Å². The number of rotatable bonds is 3. The van der Waals surface area contributed by atoms with E-state index in [0.717, 1.165) is 22.1 Å². The number of allylic oxidation sites excluding steroid dienone is 1. The van der Waals surface area contributed by atoms with E-state index in [1.54, 1.807) is 7.11 Å². The summed E-state index contributed by atoms with van der Waals surface area (Å²) >= 11 is 5.27. The highest BCUT2D eigenvalue weighted by Crippen LogP contribution is 2.36. The molecule has 0 aliphatic carbocycles. The summed E-state index contributed by atoms with van der Waals surface area (Å²) in [5.74, 6) is 0.395. The number of carbonyl (C=O) groups excluding carboxylic acids is 1. The van der Waals surface area contributed by atoms with E-state index in [9.17, 15) is 4.79 Å². The second kappa shape index (κ2) is 6.49. The number of hydrogen-bond acceptors (Lipinski definition) is 4. The largest absolute Gasteiger partial charge is 0.496 e. The van der Waals surface area contributed by atoms with Crippen LogP contribution in [-0.2, 0) is 9.53 Å². The monoisotopic (exact) mass is 342 g/mol. The number of fused-ring (bicyclic) bond motifs is 1. The van der Waals surface area contributed by atoms with E-state index < -0.39 is 0 Å². The minimum absolute atomic E-state index is 0.387. The number of methoxy groups -OCH3 is 2. The van der Waals surface area contributed by atoms with E-state index in [2.05, 4.69) is 10.6 Å². The van der Waals surface area contributed by atoms with E-state index in [1.165, 1.54) is 7.11 Å². The van der Waals surface area contributed by atoms with E-state index in [0.29, 0.717) is 16.4 Å². The maximum absolute atomic E-state index is 12.3. The third kappa shape index (κ3) is 2.69. The number of thiocarbonyl (C=S) groups is 1. The van der Waals surface area contributed by atoms with E-state index in [4.69, 9.17) is 21.7 Å². The Hall–Kier alpha value is -2.60. The predicted molar refractivity (Wildman–Crippen MR) is 96.8 cm³/mol. The van der Waals surface area contributed by atoms with Gasteiger partial charge in [0.05, 0.1) is 25.8 Å². The molecule has 0 bridgehead atoms. The number of benzene rings is 2. The van der Waals surface area contributed by atoms with Crippen LogP contribution in [0.3, 0.4) is 0 Å². The molecule has 6 heteroatoms. The van der Waals surface area contributed by atoms with Gasteiger partial charge in [-0.25, -0.2) is 4.79 Å². The third-order valence-corrected chi connectivity index (χ3v) is 4.34. The Morgan fingerprint density at radius 1 is 1.12 bits per heavy atom. The number of esters is 1.